The Labute approximate surface area is 132 Å². The molecule has 0 saturated carbocycles. The van der Waals surface area contributed by atoms with Crippen molar-refractivity contribution in [2.45, 2.75) is 51.5 Å². The summed E-state index contributed by atoms with van der Waals surface area (Å²) < 4.78 is 0. The SMILES string of the molecule is CC[C@H](c1ccccc1)[C@H]1CCCN1C(=O)CCNC(C)=O. The summed E-state index contributed by atoms with van der Waals surface area (Å²) in [5, 5.41) is 2.70. The lowest BCUT2D eigenvalue weighted by Crippen LogP contribution is -2.40. The molecule has 1 aromatic rings. The van der Waals surface area contributed by atoms with Gasteiger partial charge in [-0.2, -0.15) is 0 Å². The number of hydrogen-bond acceptors (Lipinski definition) is 2. The van der Waals surface area contributed by atoms with Gasteiger partial charge in [0.05, 0.1) is 0 Å². The van der Waals surface area contributed by atoms with Crippen LogP contribution in [0.2, 0.25) is 0 Å². The summed E-state index contributed by atoms with van der Waals surface area (Å²) >= 11 is 0. The minimum atomic E-state index is -0.0820. The van der Waals surface area contributed by atoms with Crippen molar-refractivity contribution in [2.24, 2.45) is 0 Å². The first-order chi connectivity index (χ1) is 10.6. The molecule has 2 amide bonds. The van der Waals surface area contributed by atoms with Crippen LogP contribution in [0.3, 0.4) is 0 Å². The van der Waals surface area contributed by atoms with Crippen LogP contribution in [-0.4, -0.2) is 35.8 Å². The molecule has 0 bridgehead atoms. The summed E-state index contributed by atoms with van der Waals surface area (Å²) in [5.74, 6) is 0.473. The number of hydrogen-bond donors (Lipinski definition) is 1. The number of likely N-dealkylation sites (tertiary alicyclic amines) is 1. The predicted octanol–water partition coefficient (Wildman–Crippen LogP) is 2.70. The van der Waals surface area contributed by atoms with E-state index in [1.54, 1.807) is 0 Å². The van der Waals surface area contributed by atoms with Crippen LogP contribution in [0.15, 0.2) is 30.3 Å². The van der Waals surface area contributed by atoms with Crippen LogP contribution in [0.4, 0.5) is 0 Å². The highest BCUT2D eigenvalue weighted by molar-refractivity contribution is 5.78. The quantitative estimate of drug-likeness (QED) is 0.878. The van der Waals surface area contributed by atoms with Crippen LogP contribution >= 0.6 is 0 Å². The van der Waals surface area contributed by atoms with E-state index in [1.807, 2.05) is 11.0 Å². The average Bonchev–Trinajstić information content (AvgIpc) is 2.98. The number of carbonyl (C=O) groups is 2. The third kappa shape index (κ3) is 4.09. The minimum absolute atomic E-state index is 0.0820. The van der Waals surface area contributed by atoms with Gasteiger partial charge < -0.3 is 10.2 Å². The first-order valence-electron chi connectivity index (χ1n) is 8.22. The van der Waals surface area contributed by atoms with Crippen molar-refractivity contribution in [2.75, 3.05) is 13.1 Å². The highest BCUT2D eigenvalue weighted by Crippen LogP contribution is 2.33. The number of carbonyl (C=O) groups excluding carboxylic acids is 2. The molecule has 0 unspecified atom stereocenters. The summed E-state index contributed by atoms with van der Waals surface area (Å²) in [6.07, 6.45) is 3.56. The van der Waals surface area contributed by atoms with Gasteiger partial charge >= 0.3 is 0 Å². The Morgan fingerprint density at radius 3 is 2.68 bits per heavy atom. The molecule has 1 saturated heterocycles. The van der Waals surface area contributed by atoms with Gasteiger partial charge in [0.1, 0.15) is 0 Å². The van der Waals surface area contributed by atoms with Crippen molar-refractivity contribution in [1.29, 1.82) is 0 Å². The zero-order valence-corrected chi connectivity index (χ0v) is 13.5. The van der Waals surface area contributed by atoms with Crippen molar-refractivity contribution in [1.82, 2.24) is 10.2 Å². The van der Waals surface area contributed by atoms with Gasteiger partial charge in [0, 0.05) is 38.4 Å². The Morgan fingerprint density at radius 2 is 2.05 bits per heavy atom. The monoisotopic (exact) mass is 302 g/mol. The van der Waals surface area contributed by atoms with Crippen molar-refractivity contribution in [3.05, 3.63) is 35.9 Å². The number of amides is 2. The molecule has 0 radical (unpaired) electrons. The Balaban J connectivity index is 2.02. The lowest BCUT2D eigenvalue weighted by molar-refractivity contribution is -0.132. The van der Waals surface area contributed by atoms with Gasteiger partial charge in [-0.25, -0.2) is 0 Å². The summed E-state index contributed by atoms with van der Waals surface area (Å²) in [4.78, 5) is 25.4. The van der Waals surface area contributed by atoms with E-state index in [4.69, 9.17) is 0 Å². The fraction of sp³-hybridized carbons (Fsp3) is 0.556. The van der Waals surface area contributed by atoms with E-state index in [9.17, 15) is 9.59 Å². The number of benzene rings is 1. The third-order valence-corrected chi connectivity index (χ3v) is 4.46. The Kier molecular flexibility index (Phi) is 5.99. The first-order valence-corrected chi connectivity index (χ1v) is 8.22. The summed E-state index contributed by atoms with van der Waals surface area (Å²) in [7, 11) is 0. The molecule has 0 aliphatic carbocycles. The Morgan fingerprint density at radius 1 is 1.32 bits per heavy atom. The lowest BCUT2D eigenvalue weighted by Gasteiger charge is -2.31. The molecule has 0 aromatic heterocycles. The second-order valence-corrected chi connectivity index (χ2v) is 5.96. The summed E-state index contributed by atoms with van der Waals surface area (Å²) in [6.45, 7) is 4.94. The molecule has 120 valence electrons. The fourth-order valence-electron chi connectivity index (χ4n) is 3.44. The molecule has 1 aromatic carbocycles. The molecule has 2 rings (SSSR count). The van der Waals surface area contributed by atoms with E-state index in [1.165, 1.54) is 12.5 Å². The van der Waals surface area contributed by atoms with Crippen LogP contribution in [0.25, 0.3) is 0 Å². The van der Waals surface area contributed by atoms with Crippen LogP contribution in [0.1, 0.15) is 51.0 Å². The lowest BCUT2D eigenvalue weighted by atomic mass is 9.87. The maximum absolute atomic E-state index is 12.5. The second-order valence-electron chi connectivity index (χ2n) is 5.96. The van der Waals surface area contributed by atoms with Gasteiger partial charge in [-0.3, -0.25) is 9.59 Å². The zero-order valence-electron chi connectivity index (χ0n) is 13.5. The number of rotatable bonds is 6. The van der Waals surface area contributed by atoms with E-state index >= 15 is 0 Å². The maximum Gasteiger partial charge on any atom is 0.224 e. The third-order valence-electron chi connectivity index (χ3n) is 4.46. The second kappa shape index (κ2) is 7.97. The highest BCUT2D eigenvalue weighted by atomic mass is 16.2. The van der Waals surface area contributed by atoms with Gasteiger partial charge in [-0.05, 0) is 24.8 Å². The molecule has 1 aliphatic rings. The fourth-order valence-corrected chi connectivity index (χ4v) is 3.44. The van der Waals surface area contributed by atoms with E-state index in [2.05, 4.69) is 36.5 Å². The van der Waals surface area contributed by atoms with Crippen molar-refractivity contribution < 1.29 is 9.59 Å². The van der Waals surface area contributed by atoms with Gasteiger partial charge in [-0.1, -0.05) is 37.3 Å². The van der Waals surface area contributed by atoms with Gasteiger partial charge in [0.2, 0.25) is 11.8 Å². The molecule has 1 fully saturated rings. The Bertz CT molecular complexity index is 501. The summed E-state index contributed by atoms with van der Waals surface area (Å²) in [5.41, 5.74) is 1.32. The highest BCUT2D eigenvalue weighted by Gasteiger charge is 2.34. The number of nitrogens with one attached hydrogen (secondary N) is 1. The molecule has 4 heteroatoms. The molecule has 0 spiro atoms. The Hall–Kier alpha value is -1.84. The summed E-state index contributed by atoms with van der Waals surface area (Å²) in [6, 6.07) is 10.8. The van der Waals surface area contributed by atoms with Crippen molar-refractivity contribution >= 4 is 11.8 Å². The van der Waals surface area contributed by atoms with Crippen LogP contribution in [-0.2, 0) is 9.59 Å². The van der Waals surface area contributed by atoms with E-state index in [-0.39, 0.29) is 17.9 Å². The van der Waals surface area contributed by atoms with E-state index in [0.29, 0.717) is 18.9 Å². The van der Waals surface area contributed by atoms with E-state index < -0.39 is 0 Å². The van der Waals surface area contributed by atoms with Crippen LogP contribution in [0.5, 0.6) is 0 Å². The van der Waals surface area contributed by atoms with E-state index in [0.717, 1.165) is 25.8 Å². The van der Waals surface area contributed by atoms with Crippen LogP contribution in [0, 0.1) is 0 Å². The van der Waals surface area contributed by atoms with Gasteiger partial charge in [-0.15, -0.1) is 0 Å². The molecule has 4 nitrogen and oxygen atoms in total. The van der Waals surface area contributed by atoms with Gasteiger partial charge in [0.15, 0.2) is 0 Å². The zero-order chi connectivity index (χ0) is 15.9. The first kappa shape index (κ1) is 16.5. The molecule has 1 aliphatic heterocycles. The standard InChI is InChI=1S/C18H26N2O2/c1-3-16(15-8-5-4-6-9-15)17-10-7-13-20(17)18(22)11-12-19-14(2)21/h4-6,8-9,16-17H,3,7,10-13H2,1-2H3,(H,19,21)/t16-,17-/m1/s1. The van der Waals surface area contributed by atoms with Gasteiger partial charge in [0.25, 0.3) is 0 Å². The predicted molar refractivity (Wildman–Crippen MR) is 87.5 cm³/mol. The molecule has 2 atom stereocenters. The molecular weight excluding hydrogens is 276 g/mol. The maximum atomic E-state index is 12.5. The van der Waals surface area contributed by atoms with Crippen LogP contribution < -0.4 is 5.32 Å². The minimum Gasteiger partial charge on any atom is -0.356 e. The molecule has 1 N–H and O–H groups in total. The molecule has 1 heterocycles. The van der Waals surface area contributed by atoms with Crippen molar-refractivity contribution in [3.8, 4) is 0 Å². The topological polar surface area (TPSA) is 49.4 Å². The normalized spacial score (nSPS) is 19.0. The molecule has 22 heavy (non-hydrogen) atoms. The average molecular weight is 302 g/mol. The number of nitrogens with zero attached hydrogens (tertiary/aromatic N) is 1. The largest absolute Gasteiger partial charge is 0.356 e. The molecular formula is C18H26N2O2. The smallest absolute Gasteiger partial charge is 0.224 e. The van der Waals surface area contributed by atoms with Crippen molar-refractivity contribution in [3.63, 3.8) is 0 Å².